The van der Waals surface area contributed by atoms with Crippen LogP contribution in [-0.2, 0) is 23.7 Å². The van der Waals surface area contributed by atoms with Crippen molar-refractivity contribution in [3.63, 3.8) is 0 Å². The summed E-state index contributed by atoms with van der Waals surface area (Å²) < 4.78 is 7.08. The molecule has 0 spiro atoms. The van der Waals surface area contributed by atoms with Crippen LogP contribution in [0.4, 0.5) is 5.95 Å². The monoisotopic (exact) mass is 386 g/mol. The Balaban J connectivity index is 1.51. The molecule has 1 aromatic heterocycles. The van der Waals surface area contributed by atoms with E-state index < -0.39 is 5.41 Å². The third-order valence-corrected chi connectivity index (χ3v) is 5.65. The fourth-order valence-corrected chi connectivity index (χ4v) is 3.61. The third-order valence-electron chi connectivity index (χ3n) is 5.65. The molecule has 0 saturated heterocycles. The van der Waals surface area contributed by atoms with Gasteiger partial charge in [0, 0.05) is 19.2 Å². The van der Waals surface area contributed by atoms with Gasteiger partial charge >= 0.3 is 0 Å². The topological polar surface area (TPSA) is 79.9 Å². The van der Waals surface area contributed by atoms with Crippen LogP contribution in [-0.4, -0.2) is 22.6 Å². The van der Waals surface area contributed by atoms with Gasteiger partial charge in [0.05, 0.1) is 30.4 Å². The van der Waals surface area contributed by atoms with Crippen LogP contribution in [0.15, 0.2) is 54.7 Å². The highest BCUT2D eigenvalue weighted by atomic mass is 16.5. The number of nitrogens with one attached hydrogen (secondary N) is 1. The molecule has 1 aliphatic rings. The second-order valence-corrected chi connectivity index (χ2v) is 7.34. The van der Waals surface area contributed by atoms with Gasteiger partial charge in [-0.25, -0.2) is 4.98 Å². The van der Waals surface area contributed by atoms with Gasteiger partial charge in [-0.2, -0.15) is 5.26 Å². The molecule has 146 valence electrons. The Kier molecular flexibility index (Phi) is 4.81. The molecule has 1 N–H and O–H groups in total. The number of hydrogen-bond acceptors (Lipinski definition) is 4. The maximum Gasteiger partial charge on any atom is 0.237 e. The zero-order valence-electron chi connectivity index (χ0n) is 16.5. The zero-order chi connectivity index (χ0) is 20.4. The lowest BCUT2D eigenvalue weighted by molar-refractivity contribution is -0.118. The molecule has 0 aliphatic heterocycles. The summed E-state index contributed by atoms with van der Waals surface area (Å²) >= 11 is 0. The van der Waals surface area contributed by atoms with Crippen molar-refractivity contribution in [2.45, 2.75) is 24.7 Å². The number of hydrogen-bond donors (Lipinski definition) is 1. The SMILES string of the molecule is COc1ccc(C2(C(=O)Nc3ncc(Cc4ccccc4C#N)n3C)CC2)cc1. The lowest BCUT2D eigenvalue weighted by Crippen LogP contribution is -2.29. The molecule has 6 heteroatoms. The number of imidazole rings is 1. The first-order chi connectivity index (χ1) is 14.1. The van der Waals surface area contributed by atoms with Gasteiger partial charge in [0.1, 0.15) is 5.75 Å². The fourth-order valence-electron chi connectivity index (χ4n) is 3.61. The molecule has 3 aromatic rings. The summed E-state index contributed by atoms with van der Waals surface area (Å²) in [6.45, 7) is 0. The number of benzene rings is 2. The number of carbonyl (C=O) groups is 1. The first-order valence-electron chi connectivity index (χ1n) is 9.52. The smallest absolute Gasteiger partial charge is 0.237 e. The van der Waals surface area contributed by atoms with Crippen LogP contribution >= 0.6 is 0 Å². The molecule has 4 rings (SSSR count). The van der Waals surface area contributed by atoms with Crippen LogP contribution in [0, 0.1) is 11.3 Å². The van der Waals surface area contributed by atoms with Crippen LogP contribution in [0.2, 0.25) is 0 Å². The van der Waals surface area contributed by atoms with Crippen LogP contribution in [0.5, 0.6) is 5.75 Å². The highest BCUT2D eigenvalue weighted by molar-refractivity contribution is 6.00. The lowest BCUT2D eigenvalue weighted by atomic mass is 9.95. The second kappa shape index (κ2) is 7.44. The molecular weight excluding hydrogens is 364 g/mol. The van der Waals surface area contributed by atoms with Gasteiger partial charge in [0.2, 0.25) is 11.9 Å². The number of nitrogens with zero attached hydrogens (tertiary/aromatic N) is 3. The molecule has 0 atom stereocenters. The second-order valence-electron chi connectivity index (χ2n) is 7.34. The number of rotatable bonds is 6. The Morgan fingerprint density at radius 2 is 1.97 bits per heavy atom. The van der Waals surface area contributed by atoms with Gasteiger partial charge in [0.15, 0.2) is 0 Å². The first-order valence-corrected chi connectivity index (χ1v) is 9.52. The fraction of sp³-hybridized carbons (Fsp3) is 0.261. The molecule has 1 amide bonds. The maximum atomic E-state index is 13.0. The predicted molar refractivity (Wildman–Crippen MR) is 110 cm³/mol. The van der Waals surface area contributed by atoms with Gasteiger partial charge in [-0.1, -0.05) is 30.3 Å². The van der Waals surface area contributed by atoms with E-state index in [9.17, 15) is 10.1 Å². The molecule has 1 aliphatic carbocycles. The largest absolute Gasteiger partial charge is 0.497 e. The first kappa shape index (κ1) is 18.8. The highest BCUT2D eigenvalue weighted by Crippen LogP contribution is 2.49. The maximum absolute atomic E-state index is 13.0. The van der Waals surface area contributed by atoms with Gasteiger partial charge in [-0.05, 0) is 42.2 Å². The number of methoxy groups -OCH3 is 1. The Morgan fingerprint density at radius 3 is 2.62 bits per heavy atom. The minimum absolute atomic E-state index is 0.0414. The van der Waals surface area contributed by atoms with Gasteiger partial charge in [-0.15, -0.1) is 0 Å². The van der Waals surface area contributed by atoms with E-state index in [4.69, 9.17) is 4.74 Å². The van der Waals surface area contributed by atoms with Gasteiger partial charge < -0.3 is 9.30 Å². The molecule has 1 heterocycles. The van der Waals surface area contributed by atoms with E-state index in [2.05, 4.69) is 16.4 Å². The molecule has 29 heavy (non-hydrogen) atoms. The van der Waals surface area contributed by atoms with Crippen LogP contribution in [0.3, 0.4) is 0 Å². The number of nitriles is 1. The Morgan fingerprint density at radius 1 is 1.24 bits per heavy atom. The minimum atomic E-state index is -0.494. The van der Waals surface area contributed by atoms with Crippen molar-refractivity contribution in [1.82, 2.24) is 9.55 Å². The summed E-state index contributed by atoms with van der Waals surface area (Å²) in [4.78, 5) is 17.4. The van der Waals surface area contributed by atoms with Crippen molar-refractivity contribution in [3.8, 4) is 11.8 Å². The van der Waals surface area contributed by atoms with E-state index in [0.717, 1.165) is 35.4 Å². The number of amides is 1. The quantitative estimate of drug-likeness (QED) is 0.702. The van der Waals surface area contributed by atoms with Crippen molar-refractivity contribution in [2.24, 2.45) is 7.05 Å². The Labute approximate surface area is 169 Å². The summed E-state index contributed by atoms with van der Waals surface area (Å²) in [5, 5.41) is 12.3. The molecule has 2 aromatic carbocycles. The molecule has 0 radical (unpaired) electrons. The highest BCUT2D eigenvalue weighted by Gasteiger charge is 2.51. The van der Waals surface area contributed by atoms with E-state index in [-0.39, 0.29) is 5.91 Å². The number of carbonyl (C=O) groups excluding carboxylic acids is 1. The van der Waals surface area contributed by atoms with E-state index >= 15 is 0 Å². The average molecular weight is 386 g/mol. The summed E-state index contributed by atoms with van der Waals surface area (Å²) in [7, 11) is 3.50. The molecule has 1 fully saturated rings. The van der Waals surface area contributed by atoms with E-state index in [1.54, 1.807) is 19.4 Å². The number of ether oxygens (including phenoxy) is 1. The van der Waals surface area contributed by atoms with Gasteiger partial charge in [0.25, 0.3) is 0 Å². The molecule has 0 unspecified atom stereocenters. The zero-order valence-corrected chi connectivity index (χ0v) is 16.5. The van der Waals surface area contributed by atoms with E-state index in [0.29, 0.717) is 17.9 Å². The molecule has 0 bridgehead atoms. The molecule has 1 saturated carbocycles. The van der Waals surface area contributed by atoms with Crippen molar-refractivity contribution < 1.29 is 9.53 Å². The normalized spacial score (nSPS) is 14.1. The summed E-state index contributed by atoms with van der Waals surface area (Å²) in [6.07, 6.45) is 3.96. The van der Waals surface area contributed by atoms with Crippen molar-refractivity contribution in [2.75, 3.05) is 12.4 Å². The van der Waals surface area contributed by atoms with Crippen molar-refractivity contribution in [1.29, 1.82) is 5.26 Å². The van der Waals surface area contributed by atoms with Crippen LogP contribution < -0.4 is 10.1 Å². The van der Waals surface area contributed by atoms with E-state index in [1.165, 1.54) is 0 Å². The lowest BCUT2D eigenvalue weighted by Gasteiger charge is -2.16. The Bertz CT molecular complexity index is 1090. The summed E-state index contributed by atoms with van der Waals surface area (Å²) in [6, 6.07) is 17.4. The summed E-state index contributed by atoms with van der Waals surface area (Å²) in [5.74, 6) is 1.25. The summed E-state index contributed by atoms with van der Waals surface area (Å²) in [5.41, 5.74) is 3.01. The average Bonchev–Trinajstić information content (AvgIpc) is 3.51. The Hall–Kier alpha value is -3.59. The van der Waals surface area contributed by atoms with Crippen molar-refractivity contribution >= 4 is 11.9 Å². The third kappa shape index (κ3) is 3.47. The van der Waals surface area contributed by atoms with Gasteiger partial charge in [-0.3, -0.25) is 10.1 Å². The van der Waals surface area contributed by atoms with Crippen molar-refractivity contribution in [3.05, 3.63) is 77.1 Å². The number of aromatic nitrogens is 2. The van der Waals surface area contributed by atoms with Crippen LogP contribution in [0.25, 0.3) is 0 Å². The standard InChI is InChI=1S/C23H22N4O2/c1-27-19(13-16-5-3-4-6-17(16)14-24)15-25-22(27)26-21(28)23(11-12-23)18-7-9-20(29-2)10-8-18/h3-10,15H,11-13H2,1-2H3,(H,25,26,28). The molecule has 6 nitrogen and oxygen atoms in total. The predicted octanol–water partition coefficient (Wildman–Crippen LogP) is 3.56. The van der Waals surface area contributed by atoms with Crippen LogP contribution in [0.1, 0.15) is 35.2 Å². The number of anilines is 1. The minimum Gasteiger partial charge on any atom is -0.497 e. The van der Waals surface area contributed by atoms with E-state index in [1.807, 2.05) is 54.1 Å². The molecular formula is C23H22N4O2.